The molecule has 3 nitrogen and oxygen atoms in total. The molecule has 1 saturated heterocycles. The Hall–Kier alpha value is -0.280. The monoisotopic (exact) mass is 178 g/mol. The van der Waals surface area contributed by atoms with E-state index in [4.69, 9.17) is 0 Å². The highest BCUT2D eigenvalue weighted by Crippen LogP contribution is 1.97. The normalized spacial score (nSPS) is 24.2. The quantitative estimate of drug-likeness (QED) is 0.577. The van der Waals surface area contributed by atoms with Crippen molar-refractivity contribution in [2.45, 2.75) is 19.9 Å². The topological polar surface area (TPSA) is 32.3 Å². The number of nitrogens with zero attached hydrogens (tertiary/aromatic N) is 1. The van der Waals surface area contributed by atoms with E-state index < -0.39 is 0 Å². The second kappa shape index (κ2) is 4.57. The third kappa shape index (κ3) is 3.08. The molecule has 66 valence electrons. The largest absolute Gasteiger partial charge is 0.340 e. The molecule has 1 aliphatic heterocycles. The molecule has 1 atom stereocenters. The zero-order valence-electron chi connectivity index (χ0n) is 6.96. The molecule has 1 amide bonds. The van der Waals surface area contributed by atoms with E-state index in [1.54, 1.807) is 6.92 Å². The molecule has 4 heteroatoms. The molecular weight excluding hydrogens is 164 g/mol. The number of piperazine rings is 1. The van der Waals surface area contributed by atoms with Crippen molar-refractivity contribution in [2.75, 3.05) is 19.6 Å². The van der Waals surface area contributed by atoms with Crippen molar-refractivity contribution < 1.29 is 4.79 Å². The van der Waals surface area contributed by atoms with E-state index in [9.17, 15) is 4.79 Å². The van der Waals surface area contributed by atoms with Crippen molar-refractivity contribution in [3.05, 3.63) is 0 Å². The second-order valence-corrected chi connectivity index (χ2v) is 2.82. The molecule has 0 spiro atoms. The predicted molar refractivity (Wildman–Crippen MR) is 47.0 cm³/mol. The van der Waals surface area contributed by atoms with Crippen LogP contribution in [0.5, 0.6) is 0 Å². The van der Waals surface area contributed by atoms with Gasteiger partial charge in [0.05, 0.1) is 0 Å². The fraction of sp³-hybridized carbons (Fsp3) is 0.857. The summed E-state index contributed by atoms with van der Waals surface area (Å²) in [7, 11) is 0. The minimum absolute atomic E-state index is 0. The lowest BCUT2D eigenvalue weighted by Gasteiger charge is -2.30. The maximum atomic E-state index is 10.8. The predicted octanol–water partition coefficient (Wildman–Crippen LogP) is 0.248. The number of rotatable bonds is 0. The average Bonchev–Trinajstić information content (AvgIpc) is 1.88. The van der Waals surface area contributed by atoms with Gasteiger partial charge in [-0.2, -0.15) is 0 Å². The molecule has 1 N–H and O–H groups in total. The lowest BCUT2D eigenvalue weighted by Crippen LogP contribution is -2.50. The molecule has 0 bridgehead atoms. The molecule has 0 aromatic carbocycles. The van der Waals surface area contributed by atoms with Gasteiger partial charge in [-0.05, 0) is 6.92 Å². The van der Waals surface area contributed by atoms with Gasteiger partial charge in [0.25, 0.3) is 0 Å². The van der Waals surface area contributed by atoms with E-state index in [0.29, 0.717) is 6.04 Å². The van der Waals surface area contributed by atoms with Gasteiger partial charge in [-0.3, -0.25) is 4.79 Å². The molecule has 0 aromatic heterocycles. The molecule has 0 unspecified atom stereocenters. The Morgan fingerprint density at radius 2 is 2.27 bits per heavy atom. The van der Waals surface area contributed by atoms with Crippen molar-refractivity contribution in [1.82, 2.24) is 10.2 Å². The zero-order chi connectivity index (χ0) is 7.56. The Kier molecular flexibility index (Phi) is 4.45. The number of nitrogens with one attached hydrogen (secondary N) is 1. The van der Waals surface area contributed by atoms with Gasteiger partial charge in [0.15, 0.2) is 0 Å². The third-order valence-electron chi connectivity index (χ3n) is 1.81. The van der Waals surface area contributed by atoms with Crippen LogP contribution >= 0.6 is 12.4 Å². The van der Waals surface area contributed by atoms with Crippen molar-refractivity contribution in [1.29, 1.82) is 0 Å². The number of halogens is 1. The van der Waals surface area contributed by atoms with Crippen LogP contribution in [0.4, 0.5) is 0 Å². The minimum atomic E-state index is 0. The van der Waals surface area contributed by atoms with Gasteiger partial charge < -0.3 is 10.2 Å². The van der Waals surface area contributed by atoms with Crippen LogP contribution in [-0.2, 0) is 4.79 Å². The fourth-order valence-corrected chi connectivity index (χ4v) is 1.22. The summed E-state index contributed by atoms with van der Waals surface area (Å²) in [5.41, 5.74) is 0. The lowest BCUT2D eigenvalue weighted by molar-refractivity contribution is -0.129. The van der Waals surface area contributed by atoms with Crippen LogP contribution in [0.15, 0.2) is 0 Å². The van der Waals surface area contributed by atoms with Crippen LogP contribution < -0.4 is 5.32 Å². The summed E-state index contributed by atoms with van der Waals surface area (Å²) < 4.78 is 0. The van der Waals surface area contributed by atoms with Crippen molar-refractivity contribution in [2.24, 2.45) is 0 Å². The van der Waals surface area contributed by atoms with Crippen LogP contribution in [0.25, 0.3) is 0 Å². The number of carbonyl (C=O) groups excluding carboxylic acids is 1. The van der Waals surface area contributed by atoms with Crippen LogP contribution in [0.2, 0.25) is 0 Å². The summed E-state index contributed by atoms with van der Waals surface area (Å²) in [5, 5.41) is 3.27. The minimum Gasteiger partial charge on any atom is -0.340 e. The summed E-state index contributed by atoms with van der Waals surface area (Å²) in [6.07, 6.45) is 0. The van der Waals surface area contributed by atoms with Crippen LogP contribution in [0.1, 0.15) is 13.8 Å². The molecule has 0 saturated carbocycles. The highest BCUT2D eigenvalue weighted by Gasteiger charge is 2.16. The Morgan fingerprint density at radius 3 is 2.64 bits per heavy atom. The molecule has 0 aliphatic carbocycles. The standard InChI is InChI=1S/C7H14N2O.ClH/c1-6-5-9(7(2)10)4-3-8-6;/h6,8H,3-5H2,1-2H3;1H/t6-;/m1./s1. The molecule has 1 fully saturated rings. The summed E-state index contributed by atoms with van der Waals surface area (Å²) >= 11 is 0. The summed E-state index contributed by atoms with van der Waals surface area (Å²) in [6, 6.07) is 0.456. The SMILES string of the molecule is CC(=O)N1CCN[C@H](C)C1.Cl. The first-order valence-electron chi connectivity index (χ1n) is 3.69. The Bertz CT molecular complexity index is 140. The number of hydrogen-bond acceptors (Lipinski definition) is 2. The fourth-order valence-electron chi connectivity index (χ4n) is 1.22. The first-order chi connectivity index (χ1) is 4.70. The van der Waals surface area contributed by atoms with Gasteiger partial charge in [0.2, 0.25) is 5.91 Å². The maximum Gasteiger partial charge on any atom is 0.219 e. The van der Waals surface area contributed by atoms with Gasteiger partial charge in [-0.15, -0.1) is 12.4 Å². The number of hydrogen-bond donors (Lipinski definition) is 1. The third-order valence-corrected chi connectivity index (χ3v) is 1.81. The van der Waals surface area contributed by atoms with Gasteiger partial charge in [0, 0.05) is 32.6 Å². The number of amides is 1. The first kappa shape index (κ1) is 10.7. The van der Waals surface area contributed by atoms with E-state index in [2.05, 4.69) is 12.2 Å². The van der Waals surface area contributed by atoms with E-state index in [0.717, 1.165) is 19.6 Å². The molecule has 1 heterocycles. The van der Waals surface area contributed by atoms with Crippen LogP contribution in [0.3, 0.4) is 0 Å². The average molecular weight is 179 g/mol. The van der Waals surface area contributed by atoms with Crippen LogP contribution in [0, 0.1) is 0 Å². The molecule has 11 heavy (non-hydrogen) atoms. The zero-order valence-corrected chi connectivity index (χ0v) is 7.78. The summed E-state index contributed by atoms with van der Waals surface area (Å²) in [6.45, 7) is 6.36. The highest BCUT2D eigenvalue weighted by atomic mass is 35.5. The molecule has 0 radical (unpaired) electrons. The lowest BCUT2D eigenvalue weighted by atomic mass is 10.2. The van der Waals surface area contributed by atoms with E-state index in [1.165, 1.54) is 0 Å². The molecular formula is C7H15ClN2O. The maximum absolute atomic E-state index is 10.8. The van der Waals surface area contributed by atoms with Gasteiger partial charge in [-0.1, -0.05) is 0 Å². The van der Waals surface area contributed by atoms with Crippen molar-refractivity contribution >= 4 is 18.3 Å². The van der Waals surface area contributed by atoms with Crippen LogP contribution in [-0.4, -0.2) is 36.5 Å². The second-order valence-electron chi connectivity index (χ2n) is 2.82. The van der Waals surface area contributed by atoms with Gasteiger partial charge in [0.1, 0.15) is 0 Å². The van der Waals surface area contributed by atoms with E-state index in [1.807, 2.05) is 4.90 Å². The molecule has 1 rings (SSSR count). The number of carbonyl (C=O) groups is 1. The first-order valence-corrected chi connectivity index (χ1v) is 3.69. The highest BCUT2D eigenvalue weighted by molar-refractivity contribution is 5.85. The smallest absolute Gasteiger partial charge is 0.219 e. The van der Waals surface area contributed by atoms with Crippen molar-refractivity contribution in [3.8, 4) is 0 Å². The van der Waals surface area contributed by atoms with Gasteiger partial charge >= 0.3 is 0 Å². The summed E-state index contributed by atoms with van der Waals surface area (Å²) in [5.74, 6) is 0.188. The van der Waals surface area contributed by atoms with Crippen molar-refractivity contribution in [3.63, 3.8) is 0 Å². The molecule has 0 aromatic rings. The summed E-state index contributed by atoms with van der Waals surface area (Å²) in [4.78, 5) is 12.7. The van der Waals surface area contributed by atoms with Gasteiger partial charge in [-0.25, -0.2) is 0 Å². The Balaban J connectivity index is 0.000001000. The Morgan fingerprint density at radius 1 is 1.64 bits per heavy atom. The van der Waals surface area contributed by atoms with E-state index >= 15 is 0 Å². The molecule has 1 aliphatic rings. The van der Waals surface area contributed by atoms with E-state index in [-0.39, 0.29) is 18.3 Å². The Labute approximate surface area is 73.5 Å².